The molecule has 1 aliphatic heterocycles. The van der Waals surface area contributed by atoms with Crippen LogP contribution in [0.5, 0.6) is 0 Å². The van der Waals surface area contributed by atoms with Crippen molar-refractivity contribution in [3.8, 4) is 6.07 Å². The van der Waals surface area contributed by atoms with Crippen LogP contribution in [0.3, 0.4) is 0 Å². The summed E-state index contributed by atoms with van der Waals surface area (Å²) >= 11 is 6.08. The van der Waals surface area contributed by atoms with Gasteiger partial charge in [-0.25, -0.2) is 4.98 Å². The molecule has 1 aliphatic rings. The van der Waals surface area contributed by atoms with E-state index in [2.05, 4.69) is 16.0 Å². The average Bonchev–Trinajstić information content (AvgIpc) is 2.84. The van der Waals surface area contributed by atoms with Crippen molar-refractivity contribution in [2.24, 2.45) is 7.05 Å². The molecule has 0 aromatic carbocycles. The zero-order valence-electron chi connectivity index (χ0n) is 8.65. The third kappa shape index (κ3) is 1.85. The van der Waals surface area contributed by atoms with Gasteiger partial charge >= 0.3 is 0 Å². The number of hydrogen-bond donors (Lipinski definition) is 0. The molecule has 80 valence electrons. The number of rotatable bonds is 2. The number of halogens is 1. The Labute approximate surface area is 94.1 Å². The molecule has 2 rings (SSSR count). The molecule has 1 unspecified atom stereocenters. The molecule has 2 heterocycles. The summed E-state index contributed by atoms with van der Waals surface area (Å²) < 4.78 is 1.73. The molecule has 1 fully saturated rings. The van der Waals surface area contributed by atoms with E-state index >= 15 is 0 Å². The number of hydrogen-bond acceptors (Lipinski definition) is 3. The first kappa shape index (κ1) is 10.5. The molecule has 0 N–H and O–H groups in total. The van der Waals surface area contributed by atoms with E-state index < -0.39 is 0 Å². The Balaban J connectivity index is 2.27. The van der Waals surface area contributed by atoms with Crippen LogP contribution in [0, 0.1) is 11.3 Å². The minimum atomic E-state index is -0.291. The maximum Gasteiger partial charge on any atom is 0.144 e. The molecular weight excluding hydrogens is 212 g/mol. The molecule has 5 heteroatoms. The van der Waals surface area contributed by atoms with Crippen LogP contribution in [-0.2, 0) is 7.05 Å². The summed E-state index contributed by atoms with van der Waals surface area (Å²) in [6, 6.07) is 1.99. The molecule has 0 saturated carbocycles. The lowest BCUT2D eigenvalue weighted by atomic mass is 10.2. The van der Waals surface area contributed by atoms with E-state index in [9.17, 15) is 5.26 Å². The summed E-state index contributed by atoms with van der Waals surface area (Å²) in [7, 11) is 1.83. The highest BCUT2D eigenvalue weighted by Gasteiger charge is 2.27. The lowest BCUT2D eigenvalue weighted by molar-refractivity contribution is 0.290. The van der Waals surface area contributed by atoms with Crippen LogP contribution in [0.25, 0.3) is 0 Å². The fourth-order valence-corrected chi connectivity index (χ4v) is 2.13. The molecule has 0 bridgehead atoms. The largest absolute Gasteiger partial charge is 0.325 e. The Bertz CT molecular complexity index is 387. The molecule has 1 saturated heterocycles. The van der Waals surface area contributed by atoms with E-state index in [1.54, 1.807) is 10.9 Å². The van der Waals surface area contributed by atoms with Crippen molar-refractivity contribution in [3.05, 3.63) is 17.2 Å². The Morgan fingerprint density at radius 2 is 2.20 bits per heavy atom. The summed E-state index contributed by atoms with van der Waals surface area (Å²) in [5.74, 6) is 0. The van der Waals surface area contributed by atoms with Crippen molar-refractivity contribution in [1.29, 1.82) is 5.26 Å². The topological polar surface area (TPSA) is 44.9 Å². The smallest absolute Gasteiger partial charge is 0.144 e. The third-order valence-electron chi connectivity index (χ3n) is 2.78. The summed E-state index contributed by atoms with van der Waals surface area (Å²) in [6.07, 6.45) is 3.96. The molecule has 1 aromatic rings. The molecule has 4 nitrogen and oxygen atoms in total. The van der Waals surface area contributed by atoms with Crippen LogP contribution in [0.1, 0.15) is 24.6 Å². The van der Waals surface area contributed by atoms with E-state index in [1.807, 2.05) is 7.05 Å². The second-order valence-electron chi connectivity index (χ2n) is 3.81. The van der Waals surface area contributed by atoms with Crippen molar-refractivity contribution in [3.63, 3.8) is 0 Å². The molecule has 1 atom stereocenters. The Hall–Kier alpha value is -1.05. The lowest BCUT2D eigenvalue weighted by Gasteiger charge is -2.19. The van der Waals surface area contributed by atoms with E-state index in [-0.39, 0.29) is 6.04 Å². The first-order valence-corrected chi connectivity index (χ1v) is 5.42. The number of likely N-dealkylation sites (tertiary alicyclic amines) is 1. The van der Waals surface area contributed by atoms with Gasteiger partial charge in [0, 0.05) is 7.05 Å². The van der Waals surface area contributed by atoms with E-state index in [0.29, 0.717) is 10.8 Å². The van der Waals surface area contributed by atoms with Crippen molar-refractivity contribution in [2.45, 2.75) is 18.9 Å². The van der Waals surface area contributed by atoms with Gasteiger partial charge in [-0.15, -0.1) is 0 Å². The monoisotopic (exact) mass is 224 g/mol. The lowest BCUT2D eigenvalue weighted by Crippen LogP contribution is -2.25. The molecule has 0 radical (unpaired) electrons. The Morgan fingerprint density at radius 1 is 1.53 bits per heavy atom. The molecule has 15 heavy (non-hydrogen) atoms. The second-order valence-corrected chi connectivity index (χ2v) is 4.16. The summed E-state index contributed by atoms with van der Waals surface area (Å²) in [4.78, 5) is 6.33. The average molecular weight is 225 g/mol. The van der Waals surface area contributed by atoms with Gasteiger partial charge in [-0.2, -0.15) is 5.26 Å². The third-order valence-corrected chi connectivity index (χ3v) is 3.24. The minimum Gasteiger partial charge on any atom is -0.325 e. The van der Waals surface area contributed by atoms with Crippen molar-refractivity contribution >= 4 is 11.6 Å². The van der Waals surface area contributed by atoms with Gasteiger partial charge in [0.25, 0.3) is 0 Å². The fourth-order valence-electron chi connectivity index (χ4n) is 1.93. The van der Waals surface area contributed by atoms with Crippen LogP contribution in [0.2, 0.25) is 5.15 Å². The van der Waals surface area contributed by atoms with Gasteiger partial charge in [-0.1, -0.05) is 11.6 Å². The normalized spacial score (nSPS) is 19.0. The first-order chi connectivity index (χ1) is 7.24. The first-order valence-electron chi connectivity index (χ1n) is 5.04. The molecule has 0 aliphatic carbocycles. The highest BCUT2D eigenvalue weighted by Crippen LogP contribution is 2.28. The zero-order chi connectivity index (χ0) is 10.8. The van der Waals surface area contributed by atoms with E-state index in [1.165, 1.54) is 0 Å². The predicted octanol–water partition coefficient (Wildman–Crippen LogP) is 1.73. The standard InChI is InChI=1S/C10H13ClN4/c1-14-7-13-9(10(14)11)8(6-12)15-4-2-3-5-15/h7-8H,2-5H2,1H3. The fraction of sp³-hybridized carbons (Fsp3) is 0.600. The highest BCUT2D eigenvalue weighted by atomic mass is 35.5. The minimum absolute atomic E-state index is 0.291. The summed E-state index contributed by atoms with van der Waals surface area (Å²) in [5.41, 5.74) is 0.684. The number of aromatic nitrogens is 2. The van der Waals surface area contributed by atoms with Crippen LogP contribution in [-0.4, -0.2) is 27.5 Å². The van der Waals surface area contributed by atoms with Gasteiger partial charge in [0.2, 0.25) is 0 Å². The molecule has 1 aromatic heterocycles. The number of nitrogens with zero attached hydrogens (tertiary/aromatic N) is 4. The van der Waals surface area contributed by atoms with Gasteiger partial charge < -0.3 is 4.57 Å². The number of imidazole rings is 1. The Kier molecular flexibility index (Phi) is 2.94. The van der Waals surface area contributed by atoms with Crippen molar-refractivity contribution < 1.29 is 0 Å². The molecule has 0 amide bonds. The van der Waals surface area contributed by atoms with E-state index in [0.717, 1.165) is 25.9 Å². The summed E-state index contributed by atoms with van der Waals surface area (Å²) in [5, 5.41) is 9.74. The van der Waals surface area contributed by atoms with Crippen molar-refractivity contribution in [2.75, 3.05) is 13.1 Å². The predicted molar refractivity (Wildman–Crippen MR) is 57.4 cm³/mol. The Morgan fingerprint density at radius 3 is 2.67 bits per heavy atom. The van der Waals surface area contributed by atoms with E-state index in [4.69, 9.17) is 11.6 Å². The van der Waals surface area contributed by atoms with Gasteiger partial charge in [-0.05, 0) is 25.9 Å². The quantitative estimate of drug-likeness (QED) is 0.769. The van der Waals surface area contributed by atoms with Crippen LogP contribution >= 0.6 is 11.6 Å². The van der Waals surface area contributed by atoms with Crippen LogP contribution < -0.4 is 0 Å². The van der Waals surface area contributed by atoms with Crippen LogP contribution in [0.15, 0.2) is 6.33 Å². The maximum absolute atomic E-state index is 9.17. The van der Waals surface area contributed by atoms with Crippen LogP contribution in [0.4, 0.5) is 0 Å². The highest BCUT2D eigenvalue weighted by molar-refractivity contribution is 6.30. The number of aryl methyl sites for hydroxylation is 1. The van der Waals surface area contributed by atoms with Gasteiger partial charge in [0.15, 0.2) is 0 Å². The second kappa shape index (κ2) is 4.21. The van der Waals surface area contributed by atoms with Gasteiger partial charge in [-0.3, -0.25) is 4.90 Å². The number of nitriles is 1. The maximum atomic E-state index is 9.17. The van der Waals surface area contributed by atoms with Gasteiger partial charge in [0.05, 0.1) is 12.4 Å². The molecular formula is C10H13ClN4. The summed E-state index contributed by atoms with van der Waals surface area (Å²) in [6.45, 7) is 1.93. The van der Waals surface area contributed by atoms with Crippen molar-refractivity contribution in [1.82, 2.24) is 14.5 Å². The molecule has 0 spiro atoms. The zero-order valence-corrected chi connectivity index (χ0v) is 9.41. The SMILES string of the molecule is Cn1cnc(C(C#N)N2CCCC2)c1Cl. The van der Waals surface area contributed by atoms with Gasteiger partial charge in [0.1, 0.15) is 16.9 Å².